The number of hydrogen-bond acceptors (Lipinski definition) is 3. The fourth-order valence-electron chi connectivity index (χ4n) is 5.11. The van der Waals surface area contributed by atoms with E-state index in [9.17, 15) is 4.79 Å². The highest BCUT2D eigenvalue weighted by molar-refractivity contribution is 7.41. The van der Waals surface area contributed by atoms with E-state index in [2.05, 4.69) is 50.3 Å². The van der Waals surface area contributed by atoms with Gasteiger partial charge in [-0.05, 0) is 31.4 Å². The Hall–Kier alpha value is -1.64. The number of carbonyl (C=O) groups is 1. The van der Waals surface area contributed by atoms with Gasteiger partial charge in [-0.2, -0.15) is 0 Å². The van der Waals surface area contributed by atoms with Gasteiger partial charge in [-0.1, -0.05) is 27.4 Å². The number of aromatic amines is 1. The number of ether oxygens (including phenoxy) is 1. The molecule has 0 amide bonds. The fourth-order valence-corrected chi connectivity index (χ4v) is 5.39. The highest BCUT2D eigenvalue weighted by atomic mass is 31.0. The zero-order valence-electron chi connectivity index (χ0n) is 14.4. The lowest BCUT2D eigenvalue weighted by atomic mass is 9.72. The fraction of sp³-hybridized carbons (Fsp3) is 0.450. The molecular formula is C20H23N2O2P. The summed E-state index contributed by atoms with van der Waals surface area (Å²) in [6, 6.07) is 8.97. The van der Waals surface area contributed by atoms with Gasteiger partial charge in [0.05, 0.1) is 18.4 Å². The van der Waals surface area contributed by atoms with Crippen LogP contribution in [0, 0.1) is 11.8 Å². The van der Waals surface area contributed by atoms with Crippen molar-refractivity contribution >= 4 is 25.7 Å². The van der Waals surface area contributed by atoms with Gasteiger partial charge in [-0.15, -0.1) is 0 Å². The van der Waals surface area contributed by atoms with E-state index in [-0.39, 0.29) is 17.5 Å². The van der Waals surface area contributed by atoms with Gasteiger partial charge < -0.3 is 9.72 Å². The molecule has 1 N–H and O–H groups in total. The second-order valence-corrected chi connectivity index (χ2v) is 8.13. The monoisotopic (exact) mass is 354 g/mol. The maximum Gasteiger partial charge on any atom is 0.177 e. The lowest BCUT2D eigenvalue weighted by molar-refractivity contribution is -0.110. The van der Waals surface area contributed by atoms with Gasteiger partial charge in [0.15, 0.2) is 5.52 Å². The SMILES string of the molecule is CC1OC=C(C(=O)P)C2CC3c4[nH]c5ccccc5c4CCN3CC12. The molecule has 1 aromatic carbocycles. The number of fused-ring (bicyclic) bond motifs is 6. The number of benzene rings is 1. The first-order valence-corrected chi connectivity index (χ1v) is 9.70. The number of nitrogens with zero attached hydrogens (tertiary/aromatic N) is 1. The molecule has 4 nitrogen and oxygen atoms in total. The molecule has 0 spiro atoms. The first-order valence-electron chi connectivity index (χ1n) is 9.12. The van der Waals surface area contributed by atoms with Crippen molar-refractivity contribution in [1.82, 2.24) is 9.88 Å². The summed E-state index contributed by atoms with van der Waals surface area (Å²) in [6.45, 7) is 4.22. The Morgan fingerprint density at radius 1 is 1.36 bits per heavy atom. The van der Waals surface area contributed by atoms with Crippen molar-refractivity contribution in [2.24, 2.45) is 11.8 Å². The Labute approximate surface area is 149 Å². The summed E-state index contributed by atoms with van der Waals surface area (Å²) in [4.78, 5) is 18.4. The minimum absolute atomic E-state index is 0.0722. The van der Waals surface area contributed by atoms with Gasteiger partial charge in [0, 0.05) is 47.1 Å². The highest BCUT2D eigenvalue weighted by Gasteiger charge is 2.46. The number of H-pyrrole nitrogens is 1. The van der Waals surface area contributed by atoms with Crippen molar-refractivity contribution in [1.29, 1.82) is 0 Å². The van der Waals surface area contributed by atoms with Crippen LogP contribution in [0.2, 0.25) is 0 Å². The summed E-state index contributed by atoms with van der Waals surface area (Å²) >= 11 is 0. The summed E-state index contributed by atoms with van der Waals surface area (Å²) in [5.41, 5.74) is 4.98. The molecule has 5 rings (SSSR count). The summed E-state index contributed by atoms with van der Waals surface area (Å²) in [5, 5.41) is 1.36. The van der Waals surface area contributed by atoms with Crippen LogP contribution in [-0.2, 0) is 16.0 Å². The smallest absolute Gasteiger partial charge is 0.177 e. The van der Waals surface area contributed by atoms with Crippen LogP contribution in [-0.4, -0.2) is 34.6 Å². The van der Waals surface area contributed by atoms with Crippen LogP contribution in [0.5, 0.6) is 0 Å². The summed E-state index contributed by atoms with van der Waals surface area (Å²) in [7, 11) is 2.33. The topological polar surface area (TPSA) is 45.3 Å². The maximum atomic E-state index is 12.1. The Kier molecular flexibility index (Phi) is 3.55. The van der Waals surface area contributed by atoms with E-state index in [0.29, 0.717) is 12.0 Å². The van der Waals surface area contributed by atoms with Gasteiger partial charge in [0.2, 0.25) is 0 Å². The number of nitrogens with one attached hydrogen (secondary N) is 1. The van der Waals surface area contributed by atoms with Crippen LogP contribution in [0.25, 0.3) is 10.9 Å². The number of rotatable bonds is 1. The molecule has 0 aliphatic carbocycles. The first kappa shape index (κ1) is 15.6. The molecule has 25 heavy (non-hydrogen) atoms. The standard InChI is InChI=1S/C20H23N2O2P/c1-11-15-9-22-7-6-13-12-4-2-3-5-17(12)21-19(13)18(22)8-14(15)16(10-24-11)20(23)25/h2-5,10-11,14-15,18,21H,6-9,25H2,1H3. The third kappa shape index (κ3) is 2.31. The number of aromatic nitrogens is 1. The Balaban J connectivity index is 1.57. The Bertz CT molecular complexity index is 887. The van der Waals surface area contributed by atoms with Gasteiger partial charge in [0.25, 0.3) is 0 Å². The van der Waals surface area contributed by atoms with Crippen LogP contribution < -0.4 is 0 Å². The van der Waals surface area contributed by atoms with Crippen LogP contribution in [0.3, 0.4) is 0 Å². The minimum atomic E-state index is 0.0722. The molecule has 0 bridgehead atoms. The highest BCUT2D eigenvalue weighted by Crippen LogP contribution is 2.47. The van der Waals surface area contributed by atoms with Crippen molar-refractivity contribution in [3.05, 3.63) is 47.4 Å². The first-order chi connectivity index (χ1) is 12.1. The van der Waals surface area contributed by atoms with Gasteiger partial charge >= 0.3 is 0 Å². The largest absolute Gasteiger partial charge is 0.498 e. The van der Waals surface area contributed by atoms with E-state index in [0.717, 1.165) is 31.5 Å². The molecule has 0 radical (unpaired) electrons. The second kappa shape index (κ2) is 5.69. The molecule has 1 saturated heterocycles. The summed E-state index contributed by atoms with van der Waals surface area (Å²) in [5.74, 6) is 0.680. The molecule has 1 aromatic heterocycles. The molecule has 4 heterocycles. The molecule has 130 valence electrons. The maximum absolute atomic E-state index is 12.1. The average molecular weight is 354 g/mol. The van der Waals surface area contributed by atoms with Crippen molar-refractivity contribution in [2.45, 2.75) is 31.9 Å². The minimum Gasteiger partial charge on any atom is -0.498 e. The number of carbonyl (C=O) groups excluding carboxylic acids is 1. The zero-order valence-corrected chi connectivity index (χ0v) is 15.5. The third-order valence-corrected chi connectivity index (χ3v) is 6.74. The number of allylic oxidation sites excluding steroid dienone is 1. The van der Waals surface area contributed by atoms with E-state index in [1.165, 1.54) is 22.2 Å². The molecule has 5 unspecified atom stereocenters. The Morgan fingerprint density at radius 3 is 3.04 bits per heavy atom. The molecule has 0 saturated carbocycles. The molecule has 3 aliphatic heterocycles. The van der Waals surface area contributed by atoms with Gasteiger partial charge in [-0.25, -0.2) is 0 Å². The molecule has 3 aliphatic rings. The van der Waals surface area contributed by atoms with Crippen LogP contribution >= 0.6 is 9.24 Å². The third-order valence-electron chi connectivity index (χ3n) is 6.41. The molecule has 5 heteroatoms. The average Bonchev–Trinajstić information content (AvgIpc) is 3.00. The van der Waals surface area contributed by atoms with Crippen LogP contribution in [0.4, 0.5) is 0 Å². The van der Waals surface area contributed by atoms with Crippen molar-refractivity contribution in [3.63, 3.8) is 0 Å². The van der Waals surface area contributed by atoms with Crippen molar-refractivity contribution in [2.75, 3.05) is 13.1 Å². The van der Waals surface area contributed by atoms with Crippen LogP contribution in [0.15, 0.2) is 36.1 Å². The number of para-hydroxylation sites is 1. The quantitative estimate of drug-likeness (QED) is 0.799. The van der Waals surface area contributed by atoms with E-state index in [4.69, 9.17) is 4.74 Å². The molecular weight excluding hydrogens is 331 g/mol. The normalized spacial score (nSPS) is 31.5. The van der Waals surface area contributed by atoms with E-state index in [1.54, 1.807) is 6.26 Å². The van der Waals surface area contributed by atoms with Gasteiger partial charge in [-0.3, -0.25) is 9.69 Å². The lowest BCUT2D eigenvalue weighted by Gasteiger charge is -2.49. The van der Waals surface area contributed by atoms with Crippen molar-refractivity contribution < 1.29 is 9.53 Å². The van der Waals surface area contributed by atoms with Gasteiger partial charge in [0.1, 0.15) is 0 Å². The predicted molar refractivity (Wildman–Crippen MR) is 101 cm³/mol. The molecule has 1 fully saturated rings. The van der Waals surface area contributed by atoms with E-state index in [1.807, 2.05) is 0 Å². The number of piperidine rings is 1. The predicted octanol–water partition coefficient (Wildman–Crippen LogP) is 3.41. The summed E-state index contributed by atoms with van der Waals surface area (Å²) in [6.07, 6.45) is 3.96. The van der Waals surface area contributed by atoms with Crippen LogP contribution in [0.1, 0.15) is 30.6 Å². The second-order valence-electron chi connectivity index (χ2n) is 7.61. The summed E-state index contributed by atoms with van der Waals surface area (Å²) < 4.78 is 5.79. The van der Waals surface area contributed by atoms with E-state index < -0.39 is 0 Å². The Morgan fingerprint density at radius 2 is 2.20 bits per heavy atom. The lowest BCUT2D eigenvalue weighted by Crippen LogP contribution is -2.51. The zero-order chi connectivity index (χ0) is 17.1. The van der Waals surface area contributed by atoms with E-state index >= 15 is 0 Å². The number of hydrogen-bond donors (Lipinski definition) is 1. The molecule has 5 atom stereocenters. The molecule has 2 aromatic rings. The van der Waals surface area contributed by atoms with Crippen molar-refractivity contribution in [3.8, 4) is 0 Å².